The summed E-state index contributed by atoms with van der Waals surface area (Å²) in [5, 5.41) is 11.7. The first kappa shape index (κ1) is 18.0. The second-order valence-corrected chi connectivity index (χ2v) is 6.51. The van der Waals surface area contributed by atoms with Crippen LogP contribution >= 0.6 is 0 Å². The predicted molar refractivity (Wildman–Crippen MR) is 112 cm³/mol. The molecule has 0 unspecified atom stereocenters. The van der Waals surface area contributed by atoms with Crippen LogP contribution < -0.4 is 19.9 Å². The minimum Gasteiger partial charge on any atom is -0.492 e. The highest BCUT2D eigenvalue weighted by molar-refractivity contribution is 5.64. The number of anilines is 4. The first-order chi connectivity index (χ1) is 13.8. The Bertz CT molecular complexity index is 896. The maximum absolute atomic E-state index is 5.67. The minimum absolute atomic E-state index is 0.609. The zero-order valence-electron chi connectivity index (χ0n) is 16.0. The standard InChI is InChI=1S/C21H24N6O/c1-2-28-19-11-7-6-10-18(19)23-20-16-22-25-21(24-20)27-14-12-26(13-15-27)17-8-4-3-5-9-17/h3-11,16H,2,12-15H2,1H3,(H,23,24,25). The van der Waals surface area contributed by atoms with Crippen molar-refractivity contribution in [1.82, 2.24) is 15.2 Å². The molecule has 0 radical (unpaired) electrons. The van der Waals surface area contributed by atoms with E-state index in [2.05, 4.69) is 54.6 Å². The maximum Gasteiger partial charge on any atom is 0.247 e. The molecule has 2 heterocycles. The van der Waals surface area contributed by atoms with Crippen LogP contribution in [0.1, 0.15) is 6.92 Å². The van der Waals surface area contributed by atoms with E-state index in [0.717, 1.165) is 37.6 Å². The maximum atomic E-state index is 5.67. The number of nitrogens with zero attached hydrogens (tertiary/aromatic N) is 5. The Kier molecular flexibility index (Phi) is 5.51. The summed E-state index contributed by atoms with van der Waals surface area (Å²) in [4.78, 5) is 9.21. The van der Waals surface area contributed by atoms with E-state index in [0.29, 0.717) is 18.4 Å². The van der Waals surface area contributed by atoms with Crippen molar-refractivity contribution in [2.45, 2.75) is 6.92 Å². The first-order valence-electron chi connectivity index (χ1n) is 9.57. The van der Waals surface area contributed by atoms with E-state index >= 15 is 0 Å². The molecule has 1 fully saturated rings. The molecule has 0 spiro atoms. The van der Waals surface area contributed by atoms with E-state index in [4.69, 9.17) is 4.74 Å². The van der Waals surface area contributed by atoms with Crippen molar-refractivity contribution in [3.8, 4) is 5.75 Å². The summed E-state index contributed by atoms with van der Waals surface area (Å²) in [6, 6.07) is 18.3. The molecule has 0 bridgehead atoms. The van der Waals surface area contributed by atoms with E-state index in [1.54, 1.807) is 6.20 Å². The fourth-order valence-electron chi connectivity index (χ4n) is 3.28. The van der Waals surface area contributed by atoms with Crippen LogP contribution in [0.15, 0.2) is 60.8 Å². The third-order valence-corrected chi connectivity index (χ3v) is 4.68. The highest BCUT2D eigenvalue weighted by atomic mass is 16.5. The molecule has 28 heavy (non-hydrogen) atoms. The third-order valence-electron chi connectivity index (χ3n) is 4.68. The average Bonchev–Trinajstić information content (AvgIpc) is 2.76. The number of hydrogen-bond donors (Lipinski definition) is 1. The van der Waals surface area contributed by atoms with E-state index < -0.39 is 0 Å². The molecule has 0 amide bonds. The lowest BCUT2D eigenvalue weighted by molar-refractivity contribution is 0.342. The van der Waals surface area contributed by atoms with Gasteiger partial charge in [-0.2, -0.15) is 10.1 Å². The number of rotatable bonds is 6. The Morgan fingerprint density at radius 3 is 2.43 bits per heavy atom. The Morgan fingerprint density at radius 1 is 0.929 bits per heavy atom. The molecule has 2 aromatic carbocycles. The van der Waals surface area contributed by atoms with Gasteiger partial charge in [0.2, 0.25) is 5.95 Å². The molecular formula is C21H24N6O. The number of benzene rings is 2. The Hall–Kier alpha value is -3.35. The topological polar surface area (TPSA) is 66.4 Å². The van der Waals surface area contributed by atoms with Crippen LogP contribution in [0.3, 0.4) is 0 Å². The summed E-state index contributed by atoms with van der Waals surface area (Å²) in [5.41, 5.74) is 2.12. The Balaban J connectivity index is 1.43. The minimum atomic E-state index is 0.609. The van der Waals surface area contributed by atoms with Crippen molar-refractivity contribution in [2.75, 3.05) is 47.9 Å². The molecule has 4 rings (SSSR count). The normalized spacial score (nSPS) is 14.0. The molecule has 3 aromatic rings. The number of piperazine rings is 1. The molecule has 0 saturated carbocycles. The number of nitrogens with one attached hydrogen (secondary N) is 1. The van der Waals surface area contributed by atoms with Gasteiger partial charge < -0.3 is 19.9 Å². The lowest BCUT2D eigenvalue weighted by atomic mass is 10.2. The van der Waals surface area contributed by atoms with Gasteiger partial charge in [0.1, 0.15) is 5.75 Å². The molecule has 1 aliphatic rings. The van der Waals surface area contributed by atoms with Crippen LogP contribution in [0, 0.1) is 0 Å². The summed E-state index contributed by atoms with van der Waals surface area (Å²) >= 11 is 0. The molecule has 0 aliphatic carbocycles. The second kappa shape index (κ2) is 8.56. The molecule has 1 aliphatic heterocycles. The summed E-state index contributed by atoms with van der Waals surface area (Å²) in [5.74, 6) is 2.09. The van der Waals surface area contributed by atoms with E-state index in [1.807, 2.05) is 37.3 Å². The third kappa shape index (κ3) is 4.14. The zero-order chi connectivity index (χ0) is 19.2. The first-order valence-corrected chi connectivity index (χ1v) is 9.57. The number of ether oxygens (including phenoxy) is 1. The quantitative estimate of drug-likeness (QED) is 0.708. The molecule has 1 saturated heterocycles. The summed E-state index contributed by atoms with van der Waals surface area (Å²) in [7, 11) is 0. The molecule has 7 heteroatoms. The largest absolute Gasteiger partial charge is 0.492 e. The number of para-hydroxylation sites is 3. The highest BCUT2D eigenvalue weighted by Gasteiger charge is 2.20. The molecule has 0 atom stereocenters. The van der Waals surface area contributed by atoms with Gasteiger partial charge in [-0.15, -0.1) is 5.10 Å². The molecular weight excluding hydrogens is 352 g/mol. The van der Waals surface area contributed by atoms with E-state index in [1.165, 1.54) is 5.69 Å². The van der Waals surface area contributed by atoms with Gasteiger partial charge in [0.25, 0.3) is 0 Å². The summed E-state index contributed by atoms with van der Waals surface area (Å²) in [6.45, 7) is 6.15. The van der Waals surface area contributed by atoms with E-state index in [-0.39, 0.29) is 0 Å². The van der Waals surface area contributed by atoms with Crippen LogP contribution in [-0.2, 0) is 0 Å². The molecule has 7 nitrogen and oxygen atoms in total. The van der Waals surface area contributed by atoms with Crippen LogP contribution in [0.2, 0.25) is 0 Å². The molecule has 144 valence electrons. The van der Waals surface area contributed by atoms with Gasteiger partial charge in [0.15, 0.2) is 5.82 Å². The average molecular weight is 376 g/mol. The summed E-state index contributed by atoms with van der Waals surface area (Å²) in [6.07, 6.45) is 1.63. The van der Waals surface area contributed by atoms with Crippen LogP contribution in [0.4, 0.5) is 23.1 Å². The van der Waals surface area contributed by atoms with Crippen LogP contribution in [-0.4, -0.2) is 48.0 Å². The Labute approximate surface area is 165 Å². The fourth-order valence-corrected chi connectivity index (χ4v) is 3.28. The van der Waals surface area contributed by atoms with Gasteiger partial charge in [-0.1, -0.05) is 30.3 Å². The number of aromatic nitrogens is 3. The van der Waals surface area contributed by atoms with Crippen molar-refractivity contribution < 1.29 is 4.74 Å². The lowest BCUT2D eigenvalue weighted by Crippen LogP contribution is -2.47. The fraction of sp³-hybridized carbons (Fsp3) is 0.286. The van der Waals surface area contributed by atoms with Gasteiger partial charge in [0.05, 0.1) is 18.5 Å². The van der Waals surface area contributed by atoms with Crippen LogP contribution in [0.25, 0.3) is 0 Å². The summed E-state index contributed by atoms with van der Waals surface area (Å²) < 4.78 is 5.67. The molecule has 1 aromatic heterocycles. The monoisotopic (exact) mass is 376 g/mol. The van der Waals surface area contributed by atoms with E-state index in [9.17, 15) is 0 Å². The molecule has 1 N–H and O–H groups in total. The zero-order valence-corrected chi connectivity index (χ0v) is 16.0. The van der Waals surface area contributed by atoms with Gasteiger partial charge in [-0.3, -0.25) is 0 Å². The van der Waals surface area contributed by atoms with Crippen molar-refractivity contribution in [2.24, 2.45) is 0 Å². The highest BCUT2D eigenvalue weighted by Crippen LogP contribution is 2.27. The van der Waals surface area contributed by atoms with Crippen LogP contribution in [0.5, 0.6) is 5.75 Å². The van der Waals surface area contributed by atoms with Gasteiger partial charge in [-0.25, -0.2) is 0 Å². The van der Waals surface area contributed by atoms with Crippen molar-refractivity contribution >= 4 is 23.1 Å². The Morgan fingerprint density at radius 2 is 1.64 bits per heavy atom. The van der Waals surface area contributed by atoms with Crippen molar-refractivity contribution in [1.29, 1.82) is 0 Å². The smallest absolute Gasteiger partial charge is 0.247 e. The van der Waals surface area contributed by atoms with Crippen molar-refractivity contribution in [3.05, 3.63) is 60.8 Å². The van der Waals surface area contributed by atoms with Crippen molar-refractivity contribution in [3.63, 3.8) is 0 Å². The number of hydrogen-bond acceptors (Lipinski definition) is 7. The second-order valence-electron chi connectivity index (χ2n) is 6.51. The van der Waals surface area contributed by atoms with Gasteiger partial charge >= 0.3 is 0 Å². The predicted octanol–water partition coefficient (Wildman–Crippen LogP) is 3.34. The van der Waals surface area contributed by atoms with Gasteiger partial charge in [-0.05, 0) is 31.2 Å². The lowest BCUT2D eigenvalue weighted by Gasteiger charge is -2.35. The van der Waals surface area contributed by atoms with Gasteiger partial charge in [0, 0.05) is 31.9 Å². The SMILES string of the molecule is CCOc1ccccc1Nc1cnnc(N2CCN(c3ccccc3)CC2)n1.